The SMILES string of the molecule is CCOC(=O)c1c[nH]c2c(N3CCC(CCCP(=O)(OCC)OCC)CC3)ncnc12. The van der Waals surface area contributed by atoms with Crippen LogP contribution in [0.2, 0.25) is 0 Å². The molecule has 0 atom stereocenters. The first-order valence-electron chi connectivity index (χ1n) is 11.1. The molecule has 10 heteroatoms. The number of ether oxygens (including phenoxy) is 1. The first-order chi connectivity index (χ1) is 15.0. The third-order valence-corrected chi connectivity index (χ3v) is 7.72. The zero-order chi connectivity index (χ0) is 22.3. The van der Waals surface area contributed by atoms with Crippen LogP contribution in [0.4, 0.5) is 5.82 Å². The topological polar surface area (TPSA) is 107 Å². The standard InChI is InChI=1S/C21H33N4O5P/c1-4-28-21(26)17-14-22-19-18(17)23-15-24-20(19)25-11-9-16(10-12-25)8-7-13-31(27,29-5-2)30-6-3/h14-16,22H,4-13H2,1-3H3. The fraction of sp³-hybridized carbons (Fsp3) is 0.667. The Morgan fingerprint density at radius 3 is 2.52 bits per heavy atom. The van der Waals surface area contributed by atoms with E-state index in [0.717, 1.165) is 50.1 Å². The zero-order valence-electron chi connectivity index (χ0n) is 18.6. The Morgan fingerprint density at radius 1 is 1.16 bits per heavy atom. The number of piperidine rings is 1. The van der Waals surface area contributed by atoms with Crippen LogP contribution in [-0.2, 0) is 18.3 Å². The van der Waals surface area contributed by atoms with Crippen molar-refractivity contribution in [2.75, 3.05) is 44.0 Å². The Bertz CT molecular complexity index is 900. The number of aromatic nitrogens is 3. The van der Waals surface area contributed by atoms with Gasteiger partial charge in [0.15, 0.2) is 5.82 Å². The molecule has 1 N–H and O–H groups in total. The van der Waals surface area contributed by atoms with Crippen LogP contribution >= 0.6 is 7.60 Å². The third kappa shape index (κ3) is 5.84. The van der Waals surface area contributed by atoms with Crippen molar-refractivity contribution < 1.29 is 23.1 Å². The number of rotatable bonds is 11. The molecule has 2 aromatic rings. The number of nitrogens with zero attached hydrogens (tertiary/aromatic N) is 3. The Kier molecular flexibility index (Phi) is 8.46. The lowest BCUT2D eigenvalue weighted by Crippen LogP contribution is -2.34. The Morgan fingerprint density at radius 2 is 1.87 bits per heavy atom. The highest BCUT2D eigenvalue weighted by Gasteiger charge is 2.26. The number of H-pyrrole nitrogens is 1. The second kappa shape index (κ2) is 11.1. The van der Waals surface area contributed by atoms with Gasteiger partial charge in [-0.15, -0.1) is 0 Å². The van der Waals surface area contributed by atoms with E-state index in [2.05, 4.69) is 19.9 Å². The van der Waals surface area contributed by atoms with Crippen molar-refractivity contribution in [1.29, 1.82) is 0 Å². The zero-order valence-corrected chi connectivity index (χ0v) is 19.5. The summed E-state index contributed by atoms with van der Waals surface area (Å²) in [5, 5.41) is 0. The Balaban J connectivity index is 1.57. The van der Waals surface area contributed by atoms with E-state index in [1.807, 2.05) is 13.8 Å². The van der Waals surface area contributed by atoms with E-state index in [-0.39, 0.29) is 5.97 Å². The van der Waals surface area contributed by atoms with Crippen molar-refractivity contribution in [2.24, 2.45) is 5.92 Å². The lowest BCUT2D eigenvalue weighted by Gasteiger charge is -2.33. The van der Waals surface area contributed by atoms with Gasteiger partial charge in [-0.3, -0.25) is 4.57 Å². The minimum atomic E-state index is -2.95. The third-order valence-electron chi connectivity index (χ3n) is 5.55. The van der Waals surface area contributed by atoms with Crippen molar-refractivity contribution in [1.82, 2.24) is 15.0 Å². The second-order valence-electron chi connectivity index (χ2n) is 7.59. The van der Waals surface area contributed by atoms with E-state index in [9.17, 15) is 9.36 Å². The lowest BCUT2D eigenvalue weighted by atomic mass is 9.92. The first-order valence-corrected chi connectivity index (χ1v) is 12.9. The van der Waals surface area contributed by atoms with Gasteiger partial charge in [-0.05, 0) is 52.4 Å². The summed E-state index contributed by atoms with van der Waals surface area (Å²) in [5.74, 6) is 1.01. The summed E-state index contributed by atoms with van der Waals surface area (Å²) in [6.07, 6.45) is 7.52. The summed E-state index contributed by atoms with van der Waals surface area (Å²) in [6.45, 7) is 8.33. The first kappa shape index (κ1) is 23.7. The highest BCUT2D eigenvalue weighted by molar-refractivity contribution is 7.53. The number of esters is 1. The maximum Gasteiger partial charge on any atom is 0.341 e. The van der Waals surface area contributed by atoms with E-state index >= 15 is 0 Å². The van der Waals surface area contributed by atoms with Gasteiger partial charge in [0.05, 0.1) is 26.0 Å². The van der Waals surface area contributed by atoms with Crippen LogP contribution in [0.15, 0.2) is 12.5 Å². The molecule has 0 unspecified atom stereocenters. The average Bonchev–Trinajstić information content (AvgIpc) is 3.19. The predicted molar refractivity (Wildman–Crippen MR) is 120 cm³/mol. The maximum atomic E-state index is 12.6. The molecule has 1 aliphatic rings. The lowest BCUT2D eigenvalue weighted by molar-refractivity contribution is 0.0528. The Hall–Kier alpha value is -1.96. The van der Waals surface area contributed by atoms with Gasteiger partial charge in [-0.2, -0.15) is 0 Å². The molecule has 9 nitrogen and oxygen atoms in total. The van der Waals surface area contributed by atoms with Gasteiger partial charge in [0, 0.05) is 19.3 Å². The number of anilines is 1. The minimum absolute atomic E-state index is 0.321. The number of fused-ring (bicyclic) bond motifs is 1. The molecule has 1 saturated heterocycles. The van der Waals surface area contributed by atoms with Gasteiger partial charge in [0.25, 0.3) is 0 Å². The maximum absolute atomic E-state index is 12.6. The van der Waals surface area contributed by atoms with Crippen molar-refractivity contribution in [3.05, 3.63) is 18.1 Å². The van der Waals surface area contributed by atoms with Gasteiger partial charge in [0.2, 0.25) is 0 Å². The van der Waals surface area contributed by atoms with Gasteiger partial charge in [-0.1, -0.05) is 0 Å². The summed E-state index contributed by atoms with van der Waals surface area (Å²) in [6, 6.07) is 0. The molecule has 0 radical (unpaired) electrons. The van der Waals surface area contributed by atoms with Crippen LogP contribution in [-0.4, -0.2) is 60.0 Å². The van der Waals surface area contributed by atoms with Gasteiger partial charge in [-0.25, -0.2) is 14.8 Å². The van der Waals surface area contributed by atoms with Crippen LogP contribution in [0, 0.1) is 5.92 Å². The molecular formula is C21H33N4O5P. The van der Waals surface area contributed by atoms with Crippen LogP contribution in [0.3, 0.4) is 0 Å². The number of hydrogen-bond donors (Lipinski definition) is 1. The molecule has 0 aromatic carbocycles. The molecule has 1 aliphatic heterocycles. The number of carbonyl (C=O) groups excluding carboxylic acids is 1. The molecule has 0 amide bonds. The van der Waals surface area contributed by atoms with E-state index in [0.29, 0.717) is 43.0 Å². The molecule has 3 rings (SSSR count). The van der Waals surface area contributed by atoms with Crippen LogP contribution < -0.4 is 4.90 Å². The largest absolute Gasteiger partial charge is 0.462 e. The summed E-state index contributed by atoms with van der Waals surface area (Å²) >= 11 is 0. The highest BCUT2D eigenvalue weighted by Crippen LogP contribution is 2.49. The average molecular weight is 452 g/mol. The highest BCUT2D eigenvalue weighted by atomic mass is 31.2. The summed E-state index contributed by atoms with van der Waals surface area (Å²) in [7, 11) is -2.95. The van der Waals surface area contributed by atoms with Crippen molar-refractivity contribution >= 4 is 30.4 Å². The molecular weight excluding hydrogens is 419 g/mol. The molecule has 0 aliphatic carbocycles. The van der Waals surface area contributed by atoms with Gasteiger partial charge >= 0.3 is 13.6 Å². The predicted octanol–water partition coefficient (Wildman–Crippen LogP) is 4.40. The van der Waals surface area contributed by atoms with E-state index in [1.165, 1.54) is 6.33 Å². The van der Waals surface area contributed by atoms with E-state index in [1.54, 1.807) is 13.1 Å². The fourth-order valence-corrected chi connectivity index (χ4v) is 5.79. The van der Waals surface area contributed by atoms with Gasteiger partial charge in [0.1, 0.15) is 22.9 Å². The molecule has 0 bridgehead atoms. The summed E-state index contributed by atoms with van der Waals surface area (Å²) in [4.78, 5) is 26.3. The molecule has 1 fully saturated rings. The second-order valence-corrected chi connectivity index (χ2v) is 9.77. The van der Waals surface area contributed by atoms with Crippen LogP contribution in [0.5, 0.6) is 0 Å². The normalized spacial score (nSPS) is 15.5. The summed E-state index contributed by atoms with van der Waals surface area (Å²) in [5.41, 5.74) is 1.79. The molecule has 31 heavy (non-hydrogen) atoms. The molecule has 172 valence electrons. The van der Waals surface area contributed by atoms with Crippen LogP contribution in [0.25, 0.3) is 11.0 Å². The fourth-order valence-electron chi connectivity index (χ4n) is 4.10. The van der Waals surface area contributed by atoms with Crippen molar-refractivity contribution in [3.8, 4) is 0 Å². The monoisotopic (exact) mass is 452 g/mol. The van der Waals surface area contributed by atoms with Gasteiger partial charge < -0.3 is 23.7 Å². The molecule has 0 saturated carbocycles. The molecule has 2 aromatic heterocycles. The smallest absolute Gasteiger partial charge is 0.341 e. The van der Waals surface area contributed by atoms with E-state index in [4.69, 9.17) is 13.8 Å². The number of carbonyl (C=O) groups is 1. The quantitative estimate of drug-likeness (QED) is 0.395. The van der Waals surface area contributed by atoms with Crippen LogP contribution in [0.1, 0.15) is 56.8 Å². The minimum Gasteiger partial charge on any atom is -0.462 e. The number of aromatic amines is 1. The molecule has 0 spiro atoms. The van der Waals surface area contributed by atoms with Crippen molar-refractivity contribution in [2.45, 2.75) is 46.5 Å². The molecule has 3 heterocycles. The summed E-state index contributed by atoms with van der Waals surface area (Å²) < 4.78 is 28.5. The van der Waals surface area contributed by atoms with Crippen molar-refractivity contribution in [3.63, 3.8) is 0 Å². The van der Waals surface area contributed by atoms with E-state index < -0.39 is 7.60 Å². The number of nitrogens with one attached hydrogen (secondary N) is 1. The number of hydrogen-bond acceptors (Lipinski definition) is 8. The Labute approximate surface area is 183 Å².